The molecule has 5 atom stereocenters. The molecule has 3 fully saturated rings. The highest BCUT2D eigenvalue weighted by atomic mass is 35.5. The summed E-state index contributed by atoms with van der Waals surface area (Å²) in [7, 11) is 2.01. The lowest BCUT2D eigenvalue weighted by Crippen LogP contribution is -2.44. The molecule has 0 aromatic heterocycles. The second-order valence-corrected chi connectivity index (χ2v) is 7.64. The molecular formula is C17H32ClN3O. The first-order chi connectivity index (χ1) is 10.2. The van der Waals surface area contributed by atoms with Crippen LogP contribution in [-0.4, -0.2) is 50.1 Å². The van der Waals surface area contributed by atoms with Gasteiger partial charge in [0.25, 0.3) is 0 Å². The fourth-order valence-corrected chi connectivity index (χ4v) is 5.03. The van der Waals surface area contributed by atoms with Crippen LogP contribution >= 0.6 is 12.4 Å². The van der Waals surface area contributed by atoms with E-state index in [-0.39, 0.29) is 18.3 Å². The molecule has 2 N–H and O–H groups in total. The number of nitrogens with one attached hydrogen (secondary N) is 2. The summed E-state index contributed by atoms with van der Waals surface area (Å²) in [4.78, 5) is 14.6. The van der Waals surface area contributed by atoms with Crippen LogP contribution in [0.15, 0.2) is 0 Å². The molecule has 2 saturated carbocycles. The van der Waals surface area contributed by atoms with Crippen LogP contribution < -0.4 is 10.6 Å². The van der Waals surface area contributed by atoms with E-state index in [1.54, 1.807) is 0 Å². The molecule has 128 valence electrons. The number of hydrogen-bond donors (Lipinski definition) is 2. The van der Waals surface area contributed by atoms with Crippen molar-refractivity contribution in [2.45, 2.75) is 45.1 Å². The average Bonchev–Trinajstić information content (AvgIpc) is 3.15. The Labute approximate surface area is 141 Å². The van der Waals surface area contributed by atoms with Crippen LogP contribution in [0.5, 0.6) is 0 Å². The van der Waals surface area contributed by atoms with Gasteiger partial charge in [0.15, 0.2) is 0 Å². The molecule has 3 aliphatic rings. The van der Waals surface area contributed by atoms with Gasteiger partial charge in [0, 0.05) is 12.6 Å². The van der Waals surface area contributed by atoms with Crippen molar-refractivity contribution < 1.29 is 4.79 Å². The van der Waals surface area contributed by atoms with Crippen molar-refractivity contribution in [2.24, 2.45) is 23.7 Å². The van der Waals surface area contributed by atoms with Gasteiger partial charge in [-0.05, 0) is 76.4 Å². The zero-order valence-electron chi connectivity index (χ0n) is 14.0. The van der Waals surface area contributed by atoms with Gasteiger partial charge in [0.1, 0.15) is 0 Å². The molecule has 3 rings (SSSR count). The van der Waals surface area contributed by atoms with Crippen molar-refractivity contribution in [1.29, 1.82) is 0 Å². The van der Waals surface area contributed by atoms with Crippen molar-refractivity contribution in [3.05, 3.63) is 0 Å². The molecule has 0 radical (unpaired) electrons. The minimum atomic E-state index is 0. The van der Waals surface area contributed by atoms with E-state index in [4.69, 9.17) is 0 Å². The largest absolute Gasteiger partial charge is 0.352 e. The van der Waals surface area contributed by atoms with Gasteiger partial charge in [-0.15, -0.1) is 12.4 Å². The van der Waals surface area contributed by atoms with Gasteiger partial charge >= 0.3 is 0 Å². The molecule has 2 aliphatic carbocycles. The van der Waals surface area contributed by atoms with Gasteiger partial charge in [0.05, 0.1) is 6.54 Å². The molecule has 4 nitrogen and oxygen atoms in total. The maximum absolute atomic E-state index is 12.3. The fourth-order valence-electron chi connectivity index (χ4n) is 5.03. The zero-order chi connectivity index (χ0) is 14.8. The third-order valence-electron chi connectivity index (χ3n) is 6.05. The van der Waals surface area contributed by atoms with E-state index in [2.05, 4.69) is 22.5 Å². The van der Waals surface area contributed by atoms with Crippen molar-refractivity contribution in [1.82, 2.24) is 15.5 Å². The van der Waals surface area contributed by atoms with Crippen molar-refractivity contribution in [2.75, 3.05) is 33.2 Å². The van der Waals surface area contributed by atoms with E-state index in [9.17, 15) is 4.79 Å². The second kappa shape index (κ2) is 7.98. The average molecular weight is 330 g/mol. The number of carbonyl (C=O) groups is 1. The first kappa shape index (κ1) is 18.0. The van der Waals surface area contributed by atoms with Crippen LogP contribution in [0, 0.1) is 23.7 Å². The van der Waals surface area contributed by atoms with Crippen LogP contribution in [-0.2, 0) is 4.79 Å². The van der Waals surface area contributed by atoms with Crippen LogP contribution in [0.1, 0.15) is 39.0 Å². The first-order valence-corrected chi connectivity index (χ1v) is 8.82. The third-order valence-corrected chi connectivity index (χ3v) is 6.05. The quantitative estimate of drug-likeness (QED) is 0.782. The summed E-state index contributed by atoms with van der Waals surface area (Å²) in [5.74, 6) is 3.53. The van der Waals surface area contributed by atoms with E-state index in [1.807, 2.05) is 7.05 Å². The lowest BCUT2D eigenvalue weighted by molar-refractivity contribution is -0.123. The Hall–Kier alpha value is -0.320. The molecule has 1 aliphatic heterocycles. The summed E-state index contributed by atoms with van der Waals surface area (Å²) in [5.41, 5.74) is 0. The summed E-state index contributed by atoms with van der Waals surface area (Å²) in [6, 6.07) is 0.364. The minimum absolute atomic E-state index is 0. The molecule has 1 heterocycles. The van der Waals surface area contributed by atoms with Gasteiger partial charge in [-0.1, -0.05) is 6.42 Å². The Kier molecular flexibility index (Phi) is 6.54. The van der Waals surface area contributed by atoms with E-state index in [1.165, 1.54) is 32.1 Å². The number of hydrogen-bond acceptors (Lipinski definition) is 3. The number of nitrogens with zero attached hydrogens (tertiary/aromatic N) is 1. The normalized spacial score (nSPS) is 35.4. The Morgan fingerprint density at radius 2 is 2.09 bits per heavy atom. The van der Waals surface area contributed by atoms with Crippen LogP contribution in [0.2, 0.25) is 0 Å². The molecule has 5 unspecified atom stereocenters. The predicted molar refractivity (Wildman–Crippen MR) is 92.3 cm³/mol. The second-order valence-electron chi connectivity index (χ2n) is 7.64. The molecule has 1 saturated heterocycles. The topological polar surface area (TPSA) is 44.4 Å². The molecule has 0 spiro atoms. The van der Waals surface area contributed by atoms with Crippen LogP contribution in [0.25, 0.3) is 0 Å². The summed E-state index contributed by atoms with van der Waals surface area (Å²) < 4.78 is 0. The van der Waals surface area contributed by atoms with E-state index >= 15 is 0 Å². The lowest BCUT2D eigenvalue weighted by Gasteiger charge is -2.29. The highest BCUT2D eigenvalue weighted by Gasteiger charge is 2.42. The number of amides is 1. The SMILES string of the molecule is CNCC1CCN(CC(=O)NC(C)C2CC3CCC2C3)C1.Cl. The zero-order valence-corrected chi connectivity index (χ0v) is 14.8. The minimum Gasteiger partial charge on any atom is -0.352 e. The molecule has 5 heteroatoms. The molecule has 0 aromatic rings. The number of carbonyl (C=O) groups excluding carboxylic acids is 1. The molecular weight excluding hydrogens is 298 g/mol. The number of fused-ring (bicyclic) bond motifs is 2. The molecule has 0 aromatic carbocycles. The van der Waals surface area contributed by atoms with E-state index < -0.39 is 0 Å². The monoisotopic (exact) mass is 329 g/mol. The lowest BCUT2D eigenvalue weighted by atomic mass is 9.84. The first-order valence-electron chi connectivity index (χ1n) is 8.82. The van der Waals surface area contributed by atoms with Gasteiger partial charge in [-0.2, -0.15) is 0 Å². The fraction of sp³-hybridized carbons (Fsp3) is 0.941. The van der Waals surface area contributed by atoms with Crippen molar-refractivity contribution >= 4 is 18.3 Å². The number of halogens is 1. The highest BCUT2D eigenvalue weighted by Crippen LogP contribution is 2.49. The highest BCUT2D eigenvalue weighted by molar-refractivity contribution is 5.85. The summed E-state index contributed by atoms with van der Waals surface area (Å²) in [5, 5.41) is 6.53. The summed E-state index contributed by atoms with van der Waals surface area (Å²) in [6.45, 7) is 6.02. The summed E-state index contributed by atoms with van der Waals surface area (Å²) >= 11 is 0. The van der Waals surface area contributed by atoms with Crippen LogP contribution in [0.3, 0.4) is 0 Å². The molecule has 22 heavy (non-hydrogen) atoms. The predicted octanol–water partition coefficient (Wildman–Crippen LogP) is 1.89. The Balaban J connectivity index is 0.00000176. The van der Waals surface area contributed by atoms with Gasteiger partial charge in [-0.3, -0.25) is 9.69 Å². The Morgan fingerprint density at radius 1 is 1.27 bits per heavy atom. The van der Waals surface area contributed by atoms with Gasteiger partial charge < -0.3 is 10.6 Å². The smallest absolute Gasteiger partial charge is 0.234 e. The van der Waals surface area contributed by atoms with E-state index in [0.717, 1.165) is 37.4 Å². The van der Waals surface area contributed by atoms with Crippen molar-refractivity contribution in [3.63, 3.8) is 0 Å². The Bertz CT molecular complexity index is 379. The maximum atomic E-state index is 12.3. The maximum Gasteiger partial charge on any atom is 0.234 e. The number of rotatable bonds is 6. The number of likely N-dealkylation sites (tertiary alicyclic amines) is 1. The van der Waals surface area contributed by atoms with Crippen molar-refractivity contribution in [3.8, 4) is 0 Å². The van der Waals surface area contributed by atoms with Gasteiger partial charge in [0.2, 0.25) is 5.91 Å². The van der Waals surface area contributed by atoms with E-state index in [0.29, 0.717) is 18.5 Å². The molecule has 1 amide bonds. The Morgan fingerprint density at radius 3 is 2.73 bits per heavy atom. The van der Waals surface area contributed by atoms with Gasteiger partial charge in [-0.25, -0.2) is 0 Å². The summed E-state index contributed by atoms with van der Waals surface area (Å²) in [6.07, 6.45) is 6.81. The third kappa shape index (κ3) is 4.15. The molecule has 2 bridgehead atoms. The standard InChI is InChI=1S/C17H31N3O.ClH/c1-12(16-8-13-3-4-15(16)7-13)19-17(21)11-20-6-5-14(10-20)9-18-2;/h12-16,18H,3-11H2,1-2H3,(H,19,21);1H. The van der Waals surface area contributed by atoms with Crippen LogP contribution in [0.4, 0.5) is 0 Å².